The minimum absolute atomic E-state index is 0.169. The highest BCUT2D eigenvalue weighted by Crippen LogP contribution is 2.11. The molecule has 0 aromatic heterocycles. The van der Waals surface area contributed by atoms with E-state index in [1.54, 1.807) is 0 Å². The van der Waals surface area contributed by atoms with Gasteiger partial charge in [0.2, 0.25) is 0 Å². The van der Waals surface area contributed by atoms with Gasteiger partial charge in [-0.3, -0.25) is 0 Å². The van der Waals surface area contributed by atoms with Gasteiger partial charge in [0.1, 0.15) is 0 Å². The van der Waals surface area contributed by atoms with E-state index < -0.39 is 0 Å². The molecule has 0 heterocycles. The molecule has 1 aromatic carbocycles. The number of nitriles is 1. The Bertz CT molecular complexity index is 292. The highest BCUT2D eigenvalue weighted by atomic mass is 14.3. The van der Waals surface area contributed by atoms with Crippen molar-refractivity contribution in [1.82, 2.24) is 0 Å². The minimum Gasteiger partial charge on any atom is -0.198 e. The van der Waals surface area contributed by atoms with Crippen molar-refractivity contribution >= 4 is 0 Å². The molecule has 0 aliphatic carbocycles. The summed E-state index contributed by atoms with van der Waals surface area (Å²) >= 11 is 0. The van der Waals surface area contributed by atoms with E-state index in [-0.39, 0.29) is 5.92 Å². The molecule has 0 fully saturated rings. The molecule has 68 valence electrons. The Morgan fingerprint density at radius 1 is 1.31 bits per heavy atom. The van der Waals surface area contributed by atoms with Crippen molar-refractivity contribution in [2.45, 2.75) is 26.7 Å². The molecule has 0 radical (unpaired) electrons. The van der Waals surface area contributed by atoms with Crippen molar-refractivity contribution in [2.24, 2.45) is 5.92 Å². The van der Waals surface area contributed by atoms with Gasteiger partial charge in [-0.1, -0.05) is 36.8 Å². The van der Waals surface area contributed by atoms with Crippen LogP contribution in [0.1, 0.15) is 24.5 Å². The maximum absolute atomic E-state index is 8.79. The summed E-state index contributed by atoms with van der Waals surface area (Å²) in [5.74, 6) is 0.169. The molecule has 0 bridgehead atoms. The van der Waals surface area contributed by atoms with Gasteiger partial charge in [-0.25, -0.2) is 0 Å². The molecule has 0 saturated carbocycles. The SMILES string of the molecule is CC[C@H](C#N)Cc1ccc(C)cc1. The van der Waals surface area contributed by atoms with Gasteiger partial charge in [-0.05, 0) is 25.3 Å². The average molecular weight is 173 g/mol. The van der Waals surface area contributed by atoms with Crippen LogP contribution in [0.5, 0.6) is 0 Å². The maximum atomic E-state index is 8.79. The van der Waals surface area contributed by atoms with Gasteiger partial charge in [-0.2, -0.15) is 5.26 Å². The molecule has 0 unspecified atom stereocenters. The molecule has 1 nitrogen and oxygen atoms in total. The molecule has 0 amide bonds. The fourth-order valence-corrected chi connectivity index (χ4v) is 1.29. The van der Waals surface area contributed by atoms with Gasteiger partial charge in [0, 0.05) is 0 Å². The summed E-state index contributed by atoms with van der Waals surface area (Å²) in [5.41, 5.74) is 2.53. The largest absolute Gasteiger partial charge is 0.198 e. The van der Waals surface area contributed by atoms with E-state index in [1.165, 1.54) is 11.1 Å². The molecule has 1 rings (SSSR count). The van der Waals surface area contributed by atoms with Crippen molar-refractivity contribution in [3.63, 3.8) is 0 Å². The lowest BCUT2D eigenvalue weighted by molar-refractivity contribution is 0.638. The van der Waals surface area contributed by atoms with Gasteiger partial charge in [-0.15, -0.1) is 0 Å². The van der Waals surface area contributed by atoms with Crippen LogP contribution in [0.25, 0.3) is 0 Å². The number of hydrogen-bond acceptors (Lipinski definition) is 1. The van der Waals surface area contributed by atoms with Crippen LogP contribution in [0, 0.1) is 24.2 Å². The molecular formula is C12H15N. The van der Waals surface area contributed by atoms with Crippen LogP contribution in [0.15, 0.2) is 24.3 Å². The molecule has 13 heavy (non-hydrogen) atoms. The Morgan fingerprint density at radius 2 is 1.92 bits per heavy atom. The molecule has 1 heteroatoms. The zero-order chi connectivity index (χ0) is 9.68. The Balaban J connectivity index is 2.64. The van der Waals surface area contributed by atoms with E-state index in [2.05, 4.69) is 44.2 Å². The third kappa shape index (κ3) is 2.91. The lowest BCUT2D eigenvalue weighted by Gasteiger charge is -2.05. The topological polar surface area (TPSA) is 23.8 Å². The van der Waals surface area contributed by atoms with Crippen LogP contribution < -0.4 is 0 Å². The monoisotopic (exact) mass is 173 g/mol. The molecule has 0 saturated heterocycles. The normalized spacial score (nSPS) is 12.1. The number of nitrogens with zero attached hydrogens (tertiary/aromatic N) is 1. The maximum Gasteiger partial charge on any atom is 0.0659 e. The van der Waals surface area contributed by atoms with Crippen LogP contribution in [0.2, 0.25) is 0 Å². The molecular weight excluding hydrogens is 158 g/mol. The summed E-state index contributed by atoms with van der Waals surface area (Å²) in [7, 11) is 0. The molecule has 0 aliphatic rings. The van der Waals surface area contributed by atoms with Gasteiger partial charge < -0.3 is 0 Å². The Hall–Kier alpha value is -1.29. The van der Waals surface area contributed by atoms with E-state index in [9.17, 15) is 0 Å². The van der Waals surface area contributed by atoms with E-state index in [0.29, 0.717) is 0 Å². The first-order valence-corrected chi connectivity index (χ1v) is 4.71. The summed E-state index contributed by atoms with van der Waals surface area (Å²) in [6.07, 6.45) is 1.82. The molecule has 1 atom stereocenters. The molecule has 0 spiro atoms. The lowest BCUT2D eigenvalue weighted by atomic mass is 9.98. The highest BCUT2D eigenvalue weighted by Gasteiger charge is 2.04. The second kappa shape index (κ2) is 4.67. The van der Waals surface area contributed by atoms with Gasteiger partial charge in [0.05, 0.1) is 12.0 Å². The average Bonchev–Trinajstić information content (AvgIpc) is 2.17. The van der Waals surface area contributed by atoms with Crippen molar-refractivity contribution in [3.8, 4) is 6.07 Å². The zero-order valence-electron chi connectivity index (χ0n) is 8.25. The third-order valence-corrected chi connectivity index (χ3v) is 2.28. The second-order valence-corrected chi connectivity index (χ2v) is 3.42. The van der Waals surface area contributed by atoms with E-state index >= 15 is 0 Å². The molecule has 1 aromatic rings. The predicted octanol–water partition coefficient (Wildman–Crippen LogP) is 3.09. The van der Waals surface area contributed by atoms with Crippen LogP contribution >= 0.6 is 0 Å². The van der Waals surface area contributed by atoms with Crippen molar-refractivity contribution in [2.75, 3.05) is 0 Å². The van der Waals surface area contributed by atoms with Crippen LogP contribution in [0.3, 0.4) is 0 Å². The zero-order valence-corrected chi connectivity index (χ0v) is 8.25. The summed E-state index contributed by atoms with van der Waals surface area (Å²) in [5, 5.41) is 8.79. The lowest BCUT2D eigenvalue weighted by Crippen LogP contribution is -1.99. The molecule has 0 aliphatic heterocycles. The smallest absolute Gasteiger partial charge is 0.0659 e. The second-order valence-electron chi connectivity index (χ2n) is 3.42. The quantitative estimate of drug-likeness (QED) is 0.689. The molecule has 0 N–H and O–H groups in total. The van der Waals surface area contributed by atoms with E-state index in [0.717, 1.165) is 12.8 Å². The third-order valence-electron chi connectivity index (χ3n) is 2.28. The summed E-state index contributed by atoms with van der Waals surface area (Å²) < 4.78 is 0. The summed E-state index contributed by atoms with van der Waals surface area (Å²) in [4.78, 5) is 0. The van der Waals surface area contributed by atoms with Gasteiger partial charge in [0.15, 0.2) is 0 Å². The Kier molecular flexibility index (Phi) is 3.52. The van der Waals surface area contributed by atoms with Gasteiger partial charge >= 0.3 is 0 Å². The number of aryl methyl sites for hydroxylation is 1. The minimum atomic E-state index is 0.169. The summed E-state index contributed by atoms with van der Waals surface area (Å²) in [6, 6.07) is 10.7. The van der Waals surface area contributed by atoms with E-state index in [1.807, 2.05) is 0 Å². The highest BCUT2D eigenvalue weighted by molar-refractivity contribution is 5.22. The van der Waals surface area contributed by atoms with Crippen molar-refractivity contribution in [3.05, 3.63) is 35.4 Å². The Morgan fingerprint density at radius 3 is 2.38 bits per heavy atom. The predicted molar refractivity (Wildman–Crippen MR) is 54.3 cm³/mol. The number of hydrogen-bond donors (Lipinski definition) is 0. The fourth-order valence-electron chi connectivity index (χ4n) is 1.29. The first kappa shape index (κ1) is 9.80. The first-order chi connectivity index (χ1) is 6.26. The van der Waals surface area contributed by atoms with Crippen LogP contribution in [0.4, 0.5) is 0 Å². The Labute approximate surface area is 80.0 Å². The number of benzene rings is 1. The van der Waals surface area contributed by atoms with Crippen LogP contribution in [-0.4, -0.2) is 0 Å². The van der Waals surface area contributed by atoms with Crippen molar-refractivity contribution < 1.29 is 0 Å². The van der Waals surface area contributed by atoms with Crippen molar-refractivity contribution in [1.29, 1.82) is 5.26 Å². The van der Waals surface area contributed by atoms with E-state index in [4.69, 9.17) is 5.26 Å². The number of rotatable bonds is 3. The summed E-state index contributed by atoms with van der Waals surface area (Å²) in [6.45, 7) is 4.13. The van der Waals surface area contributed by atoms with Crippen LogP contribution in [-0.2, 0) is 6.42 Å². The van der Waals surface area contributed by atoms with Gasteiger partial charge in [0.25, 0.3) is 0 Å². The fraction of sp³-hybridized carbons (Fsp3) is 0.417. The standard InChI is InChI=1S/C12H15N/c1-3-11(9-13)8-12-6-4-10(2)5-7-12/h4-7,11H,3,8H2,1-2H3/t11-/m0/s1. The first-order valence-electron chi connectivity index (χ1n) is 4.71.